The van der Waals surface area contributed by atoms with Crippen LogP contribution in [0.2, 0.25) is 0 Å². The summed E-state index contributed by atoms with van der Waals surface area (Å²) >= 11 is 2.86. The first kappa shape index (κ1) is 18.5. The van der Waals surface area contributed by atoms with Crippen LogP contribution in [0.3, 0.4) is 0 Å². The molecular formula is C15H21N5O2S2. The topological polar surface area (TPSA) is 92.9 Å². The Morgan fingerprint density at radius 3 is 3.04 bits per heavy atom. The predicted molar refractivity (Wildman–Crippen MR) is 97.6 cm³/mol. The fraction of sp³-hybridized carbons (Fsp3) is 0.467. The molecule has 2 aromatic rings. The van der Waals surface area contributed by atoms with Crippen LogP contribution in [-0.2, 0) is 4.79 Å². The zero-order valence-electron chi connectivity index (χ0n) is 13.7. The van der Waals surface area contributed by atoms with Crippen molar-refractivity contribution in [1.82, 2.24) is 15.4 Å². The summed E-state index contributed by atoms with van der Waals surface area (Å²) < 4.78 is 5.74. The van der Waals surface area contributed by atoms with Gasteiger partial charge >= 0.3 is 0 Å². The number of nitrogens with zero attached hydrogens (tertiary/aromatic N) is 3. The van der Waals surface area contributed by atoms with E-state index in [0.717, 1.165) is 28.7 Å². The van der Waals surface area contributed by atoms with Crippen molar-refractivity contribution in [3.63, 3.8) is 0 Å². The van der Waals surface area contributed by atoms with Crippen molar-refractivity contribution in [2.24, 2.45) is 0 Å². The minimum absolute atomic E-state index is 0.0995. The number of hydrogen-bond acceptors (Lipinski definition) is 8. The Kier molecular flexibility index (Phi) is 7.26. The molecule has 2 aromatic heterocycles. The van der Waals surface area contributed by atoms with Gasteiger partial charge in [-0.25, -0.2) is 0 Å². The Labute approximate surface area is 149 Å². The lowest BCUT2D eigenvalue weighted by molar-refractivity contribution is -0.115. The molecule has 0 aliphatic heterocycles. The summed E-state index contributed by atoms with van der Waals surface area (Å²) in [4.78, 5) is 12.5. The maximum atomic E-state index is 12.5. The van der Waals surface area contributed by atoms with Gasteiger partial charge in [-0.05, 0) is 13.3 Å². The first-order valence-electron chi connectivity index (χ1n) is 7.71. The molecule has 2 rings (SSSR count). The second-order valence-corrected chi connectivity index (χ2v) is 7.53. The van der Waals surface area contributed by atoms with E-state index in [4.69, 9.17) is 4.52 Å². The first-order chi connectivity index (χ1) is 11.6. The van der Waals surface area contributed by atoms with E-state index in [-0.39, 0.29) is 11.2 Å². The second kappa shape index (κ2) is 9.43. The summed E-state index contributed by atoms with van der Waals surface area (Å²) in [7, 11) is 0. The number of carbonyl (C=O) groups excluding carboxylic acids is 1. The van der Waals surface area contributed by atoms with Crippen molar-refractivity contribution in [1.29, 1.82) is 0 Å². The molecule has 7 nitrogen and oxygen atoms in total. The molecule has 0 aliphatic carbocycles. The number of anilines is 2. The van der Waals surface area contributed by atoms with Crippen LogP contribution >= 0.6 is 23.1 Å². The van der Waals surface area contributed by atoms with Crippen LogP contribution in [0.15, 0.2) is 27.6 Å². The van der Waals surface area contributed by atoms with E-state index in [1.165, 1.54) is 23.1 Å². The van der Waals surface area contributed by atoms with Crippen molar-refractivity contribution in [2.75, 3.05) is 17.2 Å². The molecule has 0 fully saturated rings. The van der Waals surface area contributed by atoms with E-state index in [1.807, 2.05) is 0 Å². The lowest BCUT2D eigenvalue weighted by Crippen LogP contribution is -2.25. The van der Waals surface area contributed by atoms with Crippen molar-refractivity contribution in [3.8, 4) is 0 Å². The number of aromatic nitrogens is 3. The van der Waals surface area contributed by atoms with Gasteiger partial charge in [0.15, 0.2) is 10.2 Å². The SMILES string of the molecule is C=CCNc1nnc(S[C@@H](CCCC)C(=O)Nc2cc(C)on2)s1. The summed E-state index contributed by atoms with van der Waals surface area (Å²) in [5, 5.41) is 18.4. The zero-order valence-corrected chi connectivity index (χ0v) is 15.4. The van der Waals surface area contributed by atoms with Crippen molar-refractivity contribution >= 4 is 40.0 Å². The molecule has 0 spiro atoms. The first-order valence-corrected chi connectivity index (χ1v) is 9.41. The Balaban J connectivity index is 1.99. The number of unbranched alkanes of at least 4 members (excludes halogenated alkanes) is 1. The van der Waals surface area contributed by atoms with Gasteiger partial charge in [-0.1, -0.05) is 54.1 Å². The number of hydrogen-bond donors (Lipinski definition) is 2. The number of aryl methyl sites for hydroxylation is 1. The smallest absolute Gasteiger partial charge is 0.239 e. The number of carbonyl (C=O) groups is 1. The van der Waals surface area contributed by atoms with Gasteiger partial charge in [0, 0.05) is 12.6 Å². The third-order valence-corrected chi connectivity index (χ3v) is 5.27. The van der Waals surface area contributed by atoms with Gasteiger partial charge < -0.3 is 15.2 Å². The van der Waals surface area contributed by atoms with E-state index in [9.17, 15) is 4.79 Å². The molecular weight excluding hydrogens is 346 g/mol. The molecule has 0 unspecified atom stereocenters. The van der Waals surface area contributed by atoms with Gasteiger partial charge in [0.2, 0.25) is 11.0 Å². The summed E-state index contributed by atoms with van der Waals surface area (Å²) in [5.41, 5.74) is 0. The predicted octanol–water partition coefficient (Wildman–Crippen LogP) is 3.72. The van der Waals surface area contributed by atoms with Crippen LogP contribution in [0.5, 0.6) is 0 Å². The zero-order chi connectivity index (χ0) is 17.4. The van der Waals surface area contributed by atoms with Crippen LogP contribution in [0.25, 0.3) is 0 Å². The third-order valence-electron chi connectivity index (χ3n) is 3.04. The largest absolute Gasteiger partial charge is 0.360 e. The maximum Gasteiger partial charge on any atom is 0.239 e. The van der Waals surface area contributed by atoms with Crippen LogP contribution in [-0.4, -0.2) is 33.1 Å². The summed E-state index contributed by atoms with van der Waals surface area (Å²) in [5.74, 6) is 0.993. The van der Waals surface area contributed by atoms with Crippen molar-refractivity contribution < 1.29 is 9.32 Å². The van der Waals surface area contributed by atoms with Crippen LogP contribution in [0.1, 0.15) is 31.9 Å². The van der Waals surface area contributed by atoms with E-state index < -0.39 is 0 Å². The molecule has 2 N–H and O–H groups in total. The molecule has 0 saturated carbocycles. The molecule has 130 valence electrons. The van der Waals surface area contributed by atoms with Gasteiger partial charge in [-0.3, -0.25) is 4.79 Å². The third kappa shape index (κ3) is 5.64. The van der Waals surface area contributed by atoms with Gasteiger partial charge in [0.05, 0.1) is 5.25 Å². The summed E-state index contributed by atoms with van der Waals surface area (Å²) in [6.45, 7) is 8.16. The highest BCUT2D eigenvalue weighted by molar-refractivity contribution is 8.02. The van der Waals surface area contributed by atoms with Crippen molar-refractivity contribution in [3.05, 3.63) is 24.5 Å². The van der Waals surface area contributed by atoms with Crippen LogP contribution in [0, 0.1) is 6.92 Å². The fourth-order valence-corrected chi connectivity index (χ4v) is 3.92. The number of thioether (sulfide) groups is 1. The average molecular weight is 368 g/mol. The Bertz CT molecular complexity index is 670. The van der Waals surface area contributed by atoms with Gasteiger partial charge in [0.25, 0.3) is 0 Å². The minimum atomic E-state index is -0.248. The number of rotatable bonds is 10. The molecule has 1 atom stereocenters. The number of nitrogens with one attached hydrogen (secondary N) is 2. The van der Waals surface area contributed by atoms with E-state index in [0.29, 0.717) is 18.1 Å². The standard InChI is InChI=1S/C15H21N5O2S2/c1-4-6-7-11(13(21)17-12-9-10(3)22-20-12)23-15-19-18-14(24-15)16-8-5-2/h5,9,11H,2,4,6-8H2,1,3H3,(H,16,18)(H,17,20,21)/t11-/m0/s1. The lowest BCUT2D eigenvalue weighted by Gasteiger charge is -2.13. The van der Waals surface area contributed by atoms with Crippen molar-refractivity contribution in [2.45, 2.75) is 42.7 Å². The van der Waals surface area contributed by atoms with Gasteiger partial charge in [-0.2, -0.15) is 0 Å². The van der Waals surface area contributed by atoms with Crippen LogP contribution in [0.4, 0.5) is 10.9 Å². The molecule has 0 radical (unpaired) electrons. The molecule has 1 amide bonds. The molecule has 0 saturated heterocycles. The molecule has 9 heteroatoms. The summed E-state index contributed by atoms with van der Waals surface area (Å²) in [6.07, 6.45) is 4.50. The molecule has 0 aromatic carbocycles. The average Bonchev–Trinajstić information content (AvgIpc) is 3.18. The highest BCUT2D eigenvalue weighted by Crippen LogP contribution is 2.31. The monoisotopic (exact) mass is 367 g/mol. The molecule has 0 aliphatic rings. The van der Waals surface area contributed by atoms with Gasteiger partial charge in [-0.15, -0.1) is 16.8 Å². The Morgan fingerprint density at radius 2 is 2.38 bits per heavy atom. The van der Waals surface area contributed by atoms with Gasteiger partial charge in [0.1, 0.15) is 5.76 Å². The Morgan fingerprint density at radius 1 is 1.54 bits per heavy atom. The normalized spacial score (nSPS) is 11.9. The van der Waals surface area contributed by atoms with E-state index in [2.05, 4.69) is 39.5 Å². The second-order valence-electron chi connectivity index (χ2n) is 5.10. The van der Waals surface area contributed by atoms with E-state index in [1.54, 1.807) is 19.1 Å². The molecule has 0 bridgehead atoms. The highest BCUT2D eigenvalue weighted by atomic mass is 32.2. The minimum Gasteiger partial charge on any atom is -0.360 e. The van der Waals surface area contributed by atoms with Crippen LogP contribution < -0.4 is 10.6 Å². The molecule has 24 heavy (non-hydrogen) atoms. The molecule has 2 heterocycles. The Hall–Kier alpha value is -1.87. The number of amides is 1. The highest BCUT2D eigenvalue weighted by Gasteiger charge is 2.22. The fourth-order valence-electron chi connectivity index (χ4n) is 1.88. The van der Waals surface area contributed by atoms with E-state index >= 15 is 0 Å². The quantitative estimate of drug-likeness (QED) is 0.488. The maximum absolute atomic E-state index is 12.5. The summed E-state index contributed by atoms with van der Waals surface area (Å²) in [6, 6.07) is 1.70. The lowest BCUT2D eigenvalue weighted by atomic mass is 10.2.